The van der Waals surface area contributed by atoms with E-state index in [9.17, 15) is 9.59 Å². The first-order valence-electron chi connectivity index (χ1n) is 3.85. The Labute approximate surface area is 92.2 Å². The number of esters is 2. The van der Waals surface area contributed by atoms with E-state index in [2.05, 4.69) is 9.47 Å². The third kappa shape index (κ3) is 4.51. The van der Waals surface area contributed by atoms with E-state index in [0.717, 1.165) is 0 Å². The van der Waals surface area contributed by atoms with Gasteiger partial charge in [0.15, 0.2) is 0 Å². The fourth-order valence-corrected chi connectivity index (χ4v) is 0.775. The molecule has 0 atom stereocenters. The zero-order valence-electron chi connectivity index (χ0n) is 8.57. The molecule has 0 spiro atoms. The fraction of sp³-hybridized carbons (Fsp3) is 0.333. The fourth-order valence-electron chi connectivity index (χ4n) is 0.634. The minimum Gasteiger partial charge on any atom is -0.490 e. The summed E-state index contributed by atoms with van der Waals surface area (Å²) >= 11 is 5.51. The SMILES string of the molecule is COC(=O)/C(Cl)=C/C=C(\OC)C(=O)OC. The molecule has 0 bridgehead atoms. The molecule has 0 amide bonds. The van der Waals surface area contributed by atoms with Crippen molar-refractivity contribution >= 4 is 23.5 Å². The first-order chi connectivity index (χ1) is 7.06. The van der Waals surface area contributed by atoms with Crippen LogP contribution in [0.3, 0.4) is 0 Å². The van der Waals surface area contributed by atoms with Crippen LogP contribution in [-0.4, -0.2) is 33.3 Å². The van der Waals surface area contributed by atoms with Gasteiger partial charge in [-0.15, -0.1) is 0 Å². The van der Waals surface area contributed by atoms with Crippen LogP contribution in [0.1, 0.15) is 0 Å². The van der Waals surface area contributed by atoms with Crippen LogP contribution in [0, 0.1) is 0 Å². The average molecular weight is 235 g/mol. The normalized spacial score (nSPS) is 12.0. The smallest absolute Gasteiger partial charge is 0.373 e. The van der Waals surface area contributed by atoms with E-state index in [1.54, 1.807) is 0 Å². The van der Waals surface area contributed by atoms with Crippen molar-refractivity contribution in [2.75, 3.05) is 21.3 Å². The Hall–Kier alpha value is -1.49. The van der Waals surface area contributed by atoms with Crippen molar-refractivity contribution in [1.82, 2.24) is 0 Å². The molecular formula is C9H11ClO5. The predicted octanol–water partition coefficient (Wildman–Crippen LogP) is 0.985. The van der Waals surface area contributed by atoms with Gasteiger partial charge in [0.2, 0.25) is 5.76 Å². The summed E-state index contributed by atoms with van der Waals surface area (Å²) in [5.41, 5.74) is 0. The number of allylic oxidation sites excluding steroid dienone is 2. The van der Waals surface area contributed by atoms with Crippen LogP contribution in [0.5, 0.6) is 0 Å². The van der Waals surface area contributed by atoms with Crippen LogP contribution in [0.4, 0.5) is 0 Å². The Balaban J connectivity index is 4.72. The molecule has 0 unspecified atom stereocenters. The lowest BCUT2D eigenvalue weighted by Crippen LogP contribution is -2.06. The Morgan fingerprint density at radius 3 is 1.87 bits per heavy atom. The minimum absolute atomic E-state index is 0.0699. The van der Waals surface area contributed by atoms with Gasteiger partial charge in [-0.1, -0.05) is 11.6 Å². The highest BCUT2D eigenvalue weighted by Crippen LogP contribution is 2.06. The van der Waals surface area contributed by atoms with Crippen LogP contribution in [0.15, 0.2) is 22.9 Å². The number of carbonyl (C=O) groups excluding carboxylic acids is 2. The Bertz CT molecular complexity index is 306. The number of methoxy groups -OCH3 is 3. The third-order valence-electron chi connectivity index (χ3n) is 1.37. The van der Waals surface area contributed by atoms with Crippen LogP contribution >= 0.6 is 11.6 Å². The second-order valence-corrected chi connectivity index (χ2v) is 2.64. The number of hydrogen-bond acceptors (Lipinski definition) is 5. The lowest BCUT2D eigenvalue weighted by molar-refractivity contribution is -0.139. The number of halogens is 1. The minimum atomic E-state index is -0.701. The van der Waals surface area contributed by atoms with Gasteiger partial charge in [-0.25, -0.2) is 9.59 Å². The molecule has 0 aliphatic heterocycles. The highest BCUT2D eigenvalue weighted by atomic mass is 35.5. The maximum absolute atomic E-state index is 11.0. The first kappa shape index (κ1) is 13.5. The lowest BCUT2D eigenvalue weighted by Gasteiger charge is -2.01. The molecular weight excluding hydrogens is 224 g/mol. The van der Waals surface area contributed by atoms with Crippen molar-refractivity contribution in [2.24, 2.45) is 0 Å². The van der Waals surface area contributed by atoms with Gasteiger partial charge in [-0.2, -0.15) is 0 Å². The second-order valence-electron chi connectivity index (χ2n) is 2.23. The van der Waals surface area contributed by atoms with Gasteiger partial charge in [0.1, 0.15) is 5.03 Å². The molecule has 0 rings (SSSR count). The summed E-state index contributed by atoms with van der Waals surface area (Å²) in [5.74, 6) is -1.43. The molecule has 15 heavy (non-hydrogen) atoms. The van der Waals surface area contributed by atoms with Gasteiger partial charge < -0.3 is 14.2 Å². The second kappa shape index (κ2) is 6.89. The highest BCUT2D eigenvalue weighted by molar-refractivity contribution is 6.41. The van der Waals surface area contributed by atoms with E-state index < -0.39 is 11.9 Å². The molecule has 6 heteroatoms. The van der Waals surface area contributed by atoms with E-state index in [4.69, 9.17) is 16.3 Å². The van der Waals surface area contributed by atoms with Crippen LogP contribution in [-0.2, 0) is 23.8 Å². The molecule has 0 heterocycles. The summed E-state index contributed by atoms with van der Waals surface area (Å²) < 4.78 is 13.4. The summed E-state index contributed by atoms with van der Waals surface area (Å²) in [6.07, 6.45) is 2.40. The van der Waals surface area contributed by atoms with Crippen molar-refractivity contribution in [3.63, 3.8) is 0 Å². The molecule has 0 aliphatic carbocycles. The molecule has 0 aromatic carbocycles. The maximum Gasteiger partial charge on any atom is 0.373 e. The highest BCUT2D eigenvalue weighted by Gasteiger charge is 2.09. The Kier molecular flexibility index (Phi) is 6.21. The topological polar surface area (TPSA) is 61.8 Å². The van der Waals surface area contributed by atoms with Crippen molar-refractivity contribution < 1.29 is 23.8 Å². The summed E-state index contributed by atoms with van der Waals surface area (Å²) in [6, 6.07) is 0. The molecule has 84 valence electrons. The van der Waals surface area contributed by atoms with Crippen molar-refractivity contribution in [1.29, 1.82) is 0 Å². The zero-order valence-corrected chi connectivity index (χ0v) is 9.33. The van der Waals surface area contributed by atoms with Gasteiger partial charge in [0, 0.05) is 0 Å². The van der Waals surface area contributed by atoms with E-state index in [1.807, 2.05) is 0 Å². The van der Waals surface area contributed by atoms with Crippen LogP contribution < -0.4 is 0 Å². The Morgan fingerprint density at radius 1 is 0.933 bits per heavy atom. The van der Waals surface area contributed by atoms with Gasteiger partial charge >= 0.3 is 11.9 Å². The van der Waals surface area contributed by atoms with E-state index in [1.165, 1.54) is 33.5 Å². The summed E-state index contributed by atoms with van der Waals surface area (Å²) in [6.45, 7) is 0. The van der Waals surface area contributed by atoms with E-state index in [0.29, 0.717) is 0 Å². The first-order valence-corrected chi connectivity index (χ1v) is 4.22. The quantitative estimate of drug-likeness (QED) is 0.314. The maximum atomic E-state index is 11.0. The number of carbonyl (C=O) groups is 2. The summed E-state index contributed by atoms with van der Waals surface area (Å²) in [7, 11) is 3.70. The monoisotopic (exact) mass is 234 g/mol. The van der Waals surface area contributed by atoms with E-state index in [-0.39, 0.29) is 10.8 Å². The Morgan fingerprint density at radius 2 is 1.47 bits per heavy atom. The molecule has 0 N–H and O–H groups in total. The van der Waals surface area contributed by atoms with Gasteiger partial charge in [-0.05, 0) is 12.2 Å². The lowest BCUT2D eigenvalue weighted by atomic mass is 10.4. The summed E-state index contributed by atoms with van der Waals surface area (Å²) in [4.78, 5) is 21.8. The molecule has 0 aliphatic rings. The standard InChI is InChI=1S/C9H11ClO5/c1-13-7(9(12)15-3)5-4-6(10)8(11)14-2/h4-5H,1-3H3/b6-4-,7-5-. The number of hydrogen-bond donors (Lipinski definition) is 0. The zero-order chi connectivity index (χ0) is 11.8. The summed E-state index contributed by atoms with van der Waals surface area (Å²) in [5, 5.41) is -0.170. The number of rotatable bonds is 4. The van der Waals surface area contributed by atoms with Crippen molar-refractivity contribution in [2.45, 2.75) is 0 Å². The predicted molar refractivity (Wildman–Crippen MR) is 53.1 cm³/mol. The number of ether oxygens (including phenoxy) is 3. The van der Waals surface area contributed by atoms with Gasteiger partial charge in [0.25, 0.3) is 0 Å². The van der Waals surface area contributed by atoms with Crippen molar-refractivity contribution in [3.05, 3.63) is 22.9 Å². The molecule has 0 saturated heterocycles. The van der Waals surface area contributed by atoms with Gasteiger partial charge in [0.05, 0.1) is 21.3 Å². The van der Waals surface area contributed by atoms with Crippen LogP contribution in [0.2, 0.25) is 0 Å². The third-order valence-corrected chi connectivity index (χ3v) is 1.65. The molecule has 0 fully saturated rings. The molecule has 5 nitrogen and oxygen atoms in total. The average Bonchev–Trinajstić information content (AvgIpc) is 2.27. The van der Waals surface area contributed by atoms with Crippen LogP contribution in [0.25, 0.3) is 0 Å². The molecule has 0 aromatic heterocycles. The molecule has 0 saturated carbocycles. The largest absolute Gasteiger partial charge is 0.490 e. The van der Waals surface area contributed by atoms with Gasteiger partial charge in [-0.3, -0.25) is 0 Å². The molecule has 0 radical (unpaired) electrons. The van der Waals surface area contributed by atoms with Crippen molar-refractivity contribution in [3.8, 4) is 0 Å². The molecule has 0 aromatic rings. The van der Waals surface area contributed by atoms with E-state index >= 15 is 0 Å².